The van der Waals surface area contributed by atoms with Crippen LogP contribution in [0.15, 0.2) is 0 Å². The standard InChI is InChI=1S/C14H25NO5/c1-14(2,3)20-12(16)10-19-9-7-11-6-4-5-8-15(11)13(17)18/h11H,4-10H2,1-3H3,(H,17,18). The van der Waals surface area contributed by atoms with Gasteiger partial charge in [-0.05, 0) is 46.5 Å². The highest BCUT2D eigenvalue weighted by Crippen LogP contribution is 2.19. The lowest BCUT2D eigenvalue weighted by atomic mass is 10.0. The summed E-state index contributed by atoms with van der Waals surface area (Å²) in [7, 11) is 0. The van der Waals surface area contributed by atoms with Gasteiger partial charge in [-0.3, -0.25) is 0 Å². The molecular weight excluding hydrogens is 262 g/mol. The second kappa shape index (κ2) is 7.47. The first-order chi connectivity index (χ1) is 9.29. The Bertz CT molecular complexity index is 337. The summed E-state index contributed by atoms with van der Waals surface area (Å²) in [6.07, 6.45) is 2.57. The summed E-state index contributed by atoms with van der Waals surface area (Å²) in [4.78, 5) is 24.0. The first-order valence-electron chi connectivity index (χ1n) is 7.09. The minimum absolute atomic E-state index is 0.000105. The second-order valence-corrected chi connectivity index (χ2v) is 6.05. The molecule has 1 amide bonds. The van der Waals surface area contributed by atoms with Gasteiger partial charge in [0.1, 0.15) is 12.2 Å². The van der Waals surface area contributed by atoms with Gasteiger partial charge in [0, 0.05) is 19.2 Å². The molecule has 0 saturated carbocycles. The largest absolute Gasteiger partial charge is 0.465 e. The molecule has 0 aliphatic carbocycles. The molecule has 1 unspecified atom stereocenters. The van der Waals surface area contributed by atoms with Crippen LogP contribution in [-0.4, -0.2) is 53.5 Å². The van der Waals surface area contributed by atoms with Gasteiger partial charge >= 0.3 is 12.1 Å². The molecular formula is C14H25NO5. The van der Waals surface area contributed by atoms with Crippen LogP contribution in [0.4, 0.5) is 4.79 Å². The fraction of sp³-hybridized carbons (Fsp3) is 0.857. The van der Waals surface area contributed by atoms with Crippen molar-refractivity contribution in [2.45, 2.75) is 58.1 Å². The Kier molecular flexibility index (Phi) is 6.26. The summed E-state index contributed by atoms with van der Waals surface area (Å²) < 4.78 is 10.4. The Labute approximate surface area is 120 Å². The number of likely N-dealkylation sites (tertiary alicyclic amines) is 1. The van der Waals surface area contributed by atoms with Crippen LogP contribution in [0.1, 0.15) is 46.5 Å². The Morgan fingerprint density at radius 1 is 1.30 bits per heavy atom. The van der Waals surface area contributed by atoms with E-state index >= 15 is 0 Å². The Morgan fingerprint density at radius 2 is 2.00 bits per heavy atom. The van der Waals surface area contributed by atoms with Gasteiger partial charge in [-0.1, -0.05) is 0 Å². The quantitative estimate of drug-likeness (QED) is 0.620. The number of carboxylic acid groups (broad SMARTS) is 1. The van der Waals surface area contributed by atoms with E-state index in [1.807, 2.05) is 0 Å². The van der Waals surface area contributed by atoms with E-state index in [0.29, 0.717) is 19.6 Å². The average molecular weight is 287 g/mol. The molecule has 20 heavy (non-hydrogen) atoms. The molecule has 1 saturated heterocycles. The molecule has 6 nitrogen and oxygen atoms in total. The van der Waals surface area contributed by atoms with Crippen molar-refractivity contribution in [3.05, 3.63) is 0 Å². The highest BCUT2D eigenvalue weighted by Gasteiger charge is 2.26. The lowest BCUT2D eigenvalue weighted by Gasteiger charge is -2.33. The van der Waals surface area contributed by atoms with Crippen molar-refractivity contribution >= 4 is 12.1 Å². The van der Waals surface area contributed by atoms with E-state index in [9.17, 15) is 9.59 Å². The molecule has 0 radical (unpaired) electrons. The van der Waals surface area contributed by atoms with Crippen molar-refractivity contribution in [3.63, 3.8) is 0 Å². The van der Waals surface area contributed by atoms with Crippen LogP contribution in [0.3, 0.4) is 0 Å². The molecule has 0 bridgehead atoms. The number of amides is 1. The molecule has 6 heteroatoms. The number of esters is 1. The van der Waals surface area contributed by atoms with Crippen molar-refractivity contribution in [1.29, 1.82) is 0 Å². The second-order valence-electron chi connectivity index (χ2n) is 6.05. The molecule has 1 fully saturated rings. The number of rotatable bonds is 5. The highest BCUT2D eigenvalue weighted by atomic mass is 16.6. The fourth-order valence-electron chi connectivity index (χ4n) is 2.30. The lowest BCUT2D eigenvalue weighted by Crippen LogP contribution is -2.43. The summed E-state index contributed by atoms with van der Waals surface area (Å²) in [5.74, 6) is -0.392. The van der Waals surface area contributed by atoms with Gasteiger partial charge in [0.05, 0.1) is 0 Å². The van der Waals surface area contributed by atoms with Crippen LogP contribution >= 0.6 is 0 Å². The minimum atomic E-state index is -0.873. The molecule has 1 rings (SSSR count). The predicted molar refractivity (Wildman–Crippen MR) is 73.7 cm³/mol. The number of ether oxygens (including phenoxy) is 2. The molecule has 1 atom stereocenters. The monoisotopic (exact) mass is 287 g/mol. The minimum Gasteiger partial charge on any atom is -0.465 e. The van der Waals surface area contributed by atoms with Crippen molar-refractivity contribution in [2.75, 3.05) is 19.8 Å². The first-order valence-corrected chi connectivity index (χ1v) is 7.09. The van der Waals surface area contributed by atoms with E-state index in [0.717, 1.165) is 19.3 Å². The van der Waals surface area contributed by atoms with Crippen LogP contribution in [0.2, 0.25) is 0 Å². The molecule has 1 aliphatic rings. The van der Waals surface area contributed by atoms with Crippen LogP contribution < -0.4 is 0 Å². The van der Waals surface area contributed by atoms with Crippen LogP contribution in [-0.2, 0) is 14.3 Å². The number of hydrogen-bond acceptors (Lipinski definition) is 4. The van der Waals surface area contributed by atoms with Crippen LogP contribution in [0.25, 0.3) is 0 Å². The number of carbonyl (C=O) groups is 2. The Hall–Kier alpha value is -1.30. The van der Waals surface area contributed by atoms with Gasteiger partial charge in [0.15, 0.2) is 0 Å². The highest BCUT2D eigenvalue weighted by molar-refractivity contribution is 5.71. The van der Waals surface area contributed by atoms with Crippen molar-refractivity contribution in [3.8, 4) is 0 Å². The SMILES string of the molecule is CC(C)(C)OC(=O)COCCC1CCCCN1C(=O)O. The number of piperidine rings is 1. The normalized spacial score (nSPS) is 19.8. The fourth-order valence-corrected chi connectivity index (χ4v) is 2.30. The maximum atomic E-state index is 11.4. The summed E-state index contributed by atoms with van der Waals surface area (Å²) in [6, 6.07) is -0.000105. The zero-order chi connectivity index (χ0) is 15.2. The van der Waals surface area contributed by atoms with E-state index in [4.69, 9.17) is 14.6 Å². The molecule has 0 aromatic carbocycles. The van der Waals surface area contributed by atoms with E-state index in [-0.39, 0.29) is 12.6 Å². The maximum absolute atomic E-state index is 11.4. The first kappa shape index (κ1) is 16.8. The summed E-state index contributed by atoms with van der Waals surface area (Å²) in [5.41, 5.74) is -0.510. The average Bonchev–Trinajstić information content (AvgIpc) is 2.33. The number of hydrogen-bond donors (Lipinski definition) is 1. The smallest absolute Gasteiger partial charge is 0.407 e. The number of nitrogens with zero attached hydrogens (tertiary/aromatic N) is 1. The van der Waals surface area contributed by atoms with Crippen molar-refractivity contribution in [2.24, 2.45) is 0 Å². The third kappa shape index (κ3) is 6.23. The molecule has 1 heterocycles. The lowest BCUT2D eigenvalue weighted by molar-refractivity contribution is -0.160. The molecule has 0 aromatic heterocycles. The predicted octanol–water partition coefficient (Wildman–Crippen LogP) is 2.27. The maximum Gasteiger partial charge on any atom is 0.407 e. The Morgan fingerprint density at radius 3 is 2.60 bits per heavy atom. The van der Waals surface area contributed by atoms with Crippen LogP contribution in [0.5, 0.6) is 0 Å². The van der Waals surface area contributed by atoms with Gasteiger partial charge in [-0.15, -0.1) is 0 Å². The Balaban J connectivity index is 2.23. The summed E-state index contributed by atoms with van der Waals surface area (Å²) in [5, 5.41) is 9.09. The summed E-state index contributed by atoms with van der Waals surface area (Å²) >= 11 is 0. The molecule has 116 valence electrons. The topological polar surface area (TPSA) is 76.1 Å². The molecule has 0 aromatic rings. The molecule has 1 N–H and O–H groups in total. The van der Waals surface area contributed by atoms with Crippen LogP contribution in [0, 0.1) is 0 Å². The van der Waals surface area contributed by atoms with Gasteiger partial charge in [0.25, 0.3) is 0 Å². The number of carbonyl (C=O) groups excluding carboxylic acids is 1. The van der Waals surface area contributed by atoms with Crippen molar-refractivity contribution in [1.82, 2.24) is 4.90 Å². The van der Waals surface area contributed by atoms with E-state index < -0.39 is 17.7 Å². The third-order valence-electron chi connectivity index (χ3n) is 3.11. The molecule has 1 aliphatic heterocycles. The van der Waals surface area contributed by atoms with E-state index in [1.165, 1.54) is 4.90 Å². The molecule has 0 spiro atoms. The summed E-state index contributed by atoms with van der Waals surface area (Å²) in [6.45, 7) is 6.28. The van der Waals surface area contributed by atoms with Gasteiger partial charge < -0.3 is 19.5 Å². The van der Waals surface area contributed by atoms with Gasteiger partial charge in [-0.25, -0.2) is 9.59 Å². The van der Waals surface area contributed by atoms with E-state index in [2.05, 4.69) is 0 Å². The zero-order valence-corrected chi connectivity index (χ0v) is 12.6. The third-order valence-corrected chi connectivity index (χ3v) is 3.11. The van der Waals surface area contributed by atoms with E-state index in [1.54, 1.807) is 20.8 Å². The van der Waals surface area contributed by atoms with Gasteiger partial charge in [-0.2, -0.15) is 0 Å². The zero-order valence-electron chi connectivity index (χ0n) is 12.6. The van der Waals surface area contributed by atoms with Gasteiger partial charge in [0.2, 0.25) is 0 Å². The van der Waals surface area contributed by atoms with Crippen molar-refractivity contribution < 1.29 is 24.2 Å².